The molecule has 0 amide bonds. The third-order valence-electron chi connectivity index (χ3n) is 3.45. The van der Waals surface area contributed by atoms with Gasteiger partial charge in [-0.2, -0.15) is 13.2 Å². The molecule has 1 fully saturated rings. The highest BCUT2D eigenvalue weighted by Gasteiger charge is 2.31. The average molecular weight is 288 g/mol. The molecule has 7 heteroatoms. The summed E-state index contributed by atoms with van der Waals surface area (Å²) in [4.78, 5) is 3.95. The first-order valence-electron chi connectivity index (χ1n) is 6.70. The molecule has 0 saturated carbocycles. The molecule has 2 atom stereocenters. The monoisotopic (exact) mass is 288 g/mol. The zero-order valence-corrected chi connectivity index (χ0v) is 11.1. The van der Waals surface area contributed by atoms with Crippen LogP contribution in [0.4, 0.5) is 13.2 Å². The summed E-state index contributed by atoms with van der Waals surface area (Å²) in [5.74, 6) is 0. The molecule has 1 aliphatic heterocycles. The second-order valence-electron chi connectivity index (χ2n) is 4.94. The van der Waals surface area contributed by atoms with E-state index in [1.54, 1.807) is 0 Å². The molecule has 1 aromatic heterocycles. The molecule has 2 unspecified atom stereocenters. The lowest BCUT2D eigenvalue weighted by Crippen LogP contribution is -2.43. The van der Waals surface area contributed by atoms with E-state index in [-0.39, 0.29) is 6.04 Å². The highest BCUT2D eigenvalue weighted by molar-refractivity contribution is 5.19. The molecule has 4 N–H and O–H groups in total. The van der Waals surface area contributed by atoms with Crippen LogP contribution in [-0.2, 0) is 6.18 Å². The van der Waals surface area contributed by atoms with Crippen LogP contribution in [0.15, 0.2) is 18.3 Å². The Kier molecular flexibility index (Phi) is 4.95. The van der Waals surface area contributed by atoms with Crippen LogP contribution >= 0.6 is 0 Å². The van der Waals surface area contributed by atoms with Gasteiger partial charge in [-0.1, -0.05) is 0 Å². The van der Waals surface area contributed by atoms with Crippen LogP contribution in [-0.4, -0.2) is 30.7 Å². The highest BCUT2D eigenvalue weighted by Crippen LogP contribution is 2.30. The van der Waals surface area contributed by atoms with Crippen molar-refractivity contribution < 1.29 is 13.2 Å². The molecular weight excluding hydrogens is 269 g/mol. The maximum Gasteiger partial charge on any atom is 0.417 e. The summed E-state index contributed by atoms with van der Waals surface area (Å²) in [5, 5.41) is 6.62. The maximum absolute atomic E-state index is 12.5. The summed E-state index contributed by atoms with van der Waals surface area (Å²) >= 11 is 0. The molecule has 0 aliphatic carbocycles. The van der Waals surface area contributed by atoms with Gasteiger partial charge in [-0.05, 0) is 31.5 Å². The number of halogens is 3. The van der Waals surface area contributed by atoms with Gasteiger partial charge in [0.2, 0.25) is 0 Å². The summed E-state index contributed by atoms with van der Waals surface area (Å²) in [6.07, 6.45) is -1.65. The van der Waals surface area contributed by atoms with E-state index in [4.69, 9.17) is 5.73 Å². The molecule has 2 rings (SSSR count). The molecule has 2 heterocycles. The van der Waals surface area contributed by atoms with Gasteiger partial charge in [0, 0.05) is 25.3 Å². The standard InChI is InChI=1S/C13H19F3N4/c14-13(15,16)9-1-2-11(20-8-9)12-7-10(3-5-19-12)18-6-4-17/h1-2,8,10,12,18-19H,3-7,17H2. The number of nitrogens with two attached hydrogens (primary N) is 1. The van der Waals surface area contributed by atoms with Crippen molar-refractivity contribution >= 4 is 0 Å². The van der Waals surface area contributed by atoms with Crippen LogP contribution in [0.25, 0.3) is 0 Å². The number of hydrogen-bond acceptors (Lipinski definition) is 4. The van der Waals surface area contributed by atoms with E-state index in [1.165, 1.54) is 6.07 Å². The molecule has 112 valence electrons. The average Bonchev–Trinajstić information content (AvgIpc) is 2.45. The molecular formula is C13H19F3N4. The number of pyridine rings is 1. The third-order valence-corrected chi connectivity index (χ3v) is 3.45. The Morgan fingerprint density at radius 2 is 2.20 bits per heavy atom. The summed E-state index contributed by atoms with van der Waals surface area (Å²) in [5.41, 5.74) is 5.39. The molecule has 0 radical (unpaired) electrons. The molecule has 4 nitrogen and oxygen atoms in total. The van der Waals surface area contributed by atoms with Crippen LogP contribution in [0.3, 0.4) is 0 Å². The Morgan fingerprint density at radius 3 is 2.80 bits per heavy atom. The Hall–Kier alpha value is -1.18. The van der Waals surface area contributed by atoms with Gasteiger partial charge in [0.15, 0.2) is 0 Å². The smallest absolute Gasteiger partial charge is 0.329 e. The largest absolute Gasteiger partial charge is 0.417 e. The number of piperidine rings is 1. The fourth-order valence-corrected chi connectivity index (χ4v) is 2.39. The van der Waals surface area contributed by atoms with E-state index in [2.05, 4.69) is 15.6 Å². The fraction of sp³-hybridized carbons (Fsp3) is 0.615. The van der Waals surface area contributed by atoms with E-state index < -0.39 is 11.7 Å². The maximum atomic E-state index is 12.5. The van der Waals surface area contributed by atoms with Gasteiger partial charge in [0.05, 0.1) is 17.3 Å². The predicted octanol–water partition coefficient (Wildman–Crippen LogP) is 1.44. The number of nitrogens with one attached hydrogen (secondary N) is 2. The fourth-order valence-electron chi connectivity index (χ4n) is 2.39. The molecule has 0 spiro atoms. The van der Waals surface area contributed by atoms with Crippen LogP contribution in [0, 0.1) is 0 Å². The Balaban J connectivity index is 2.00. The summed E-state index contributed by atoms with van der Waals surface area (Å²) in [6, 6.07) is 2.85. The lowest BCUT2D eigenvalue weighted by molar-refractivity contribution is -0.137. The minimum absolute atomic E-state index is 0.0127. The highest BCUT2D eigenvalue weighted by atomic mass is 19.4. The SMILES string of the molecule is NCCNC1CCNC(c2ccc(C(F)(F)F)cn2)C1. The van der Waals surface area contributed by atoms with Gasteiger partial charge in [-0.25, -0.2) is 0 Å². The van der Waals surface area contributed by atoms with Crippen molar-refractivity contribution in [2.75, 3.05) is 19.6 Å². The Bertz CT molecular complexity index is 419. The normalized spacial score (nSPS) is 23.8. The van der Waals surface area contributed by atoms with Crippen molar-refractivity contribution in [3.8, 4) is 0 Å². The van der Waals surface area contributed by atoms with Crippen LogP contribution in [0.2, 0.25) is 0 Å². The summed E-state index contributed by atoms with van der Waals surface area (Å²) in [7, 11) is 0. The van der Waals surface area contributed by atoms with E-state index in [9.17, 15) is 13.2 Å². The van der Waals surface area contributed by atoms with E-state index >= 15 is 0 Å². The minimum Gasteiger partial charge on any atom is -0.329 e. The molecule has 1 aliphatic rings. The van der Waals surface area contributed by atoms with E-state index in [1.807, 2.05) is 0 Å². The Labute approximate surface area is 116 Å². The van der Waals surface area contributed by atoms with Gasteiger partial charge in [0.25, 0.3) is 0 Å². The lowest BCUT2D eigenvalue weighted by Gasteiger charge is -2.30. The summed E-state index contributed by atoms with van der Waals surface area (Å²) < 4.78 is 37.5. The Morgan fingerprint density at radius 1 is 1.40 bits per heavy atom. The van der Waals surface area contributed by atoms with Crippen molar-refractivity contribution in [2.24, 2.45) is 5.73 Å². The van der Waals surface area contributed by atoms with Crippen molar-refractivity contribution in [1.29, 1.82) is 0 Å². The van der Waals surface area contributed by atoms with Gasteiger partial charge in [-0.15, -0.1) is 0 Å². The van der Waals surface area contributed by atoms with Crippen LogP contribution in [0.5, 0.6) is 0 Å². The van der Waals surface area contributed by atoms with Crippen LogP contribution in [0.1, 0.15) is 30.1 Å². The van der Waals surface area contributed by atoms with E-state index in [0.29, 0.717) is 18.3 Å². The molecule has 0 aromatic carbocycles. The third kappa shape index (κ3) is 3.91. The molecule has 1 saturated heterocycles. The minimum atomic E-state index is -4.34. The molecule has 0 bridgehead atoms. The zero-order valence-electron chi connectivity index (χ0n) is 11.1. The summed E-state index contributed by atoms with van der Waals surface area (Å²) in [6.45, 7) is 2.14. The predicted molar refractivity (Wildman–Crippen MR) is 70.1 cm³/mol. The van der Waals surface area contributed by atoms with Crippen molar-refractivity contribution in [1.82, 2.24) is 15.6 Å². The van der Waals surface area contributed by atoms with Gasteiger partial charge >= 0.3 is 6.18 Å². The first kappa shape index (κ1) is 15.2. The quantitative estimate of drug-likeness (QED) is 0.784. The van der Waals surface area contributed by atoms with Gasteiger partial charge < -0.3 is 16.4 Å². The first-order valence-corrected chi connectivity index (χ1v) is 6.70. The van der Waals surface area contributed by atoms with E-state index in [0.717, 1.165) is 38.2 Å². The van der Waals surface area contributed by atoms with Gasteiger partial charge in [-0.3, -0.25) is 4.98 Å². The second kappa shape index (κ2) is 6.51. The lowest BCUT2D eigenvalue weighted by atomic mass is 9.96. The molecule has 20 heavy (non-hydrogen) atoms. The van der Waals surface area contributed by atoms with Gasteiger partial charge in [0.1, 0.15) is 0 Å². The van der Waals surface area contributed by atoms with Crippen molar-refractivity contribution in [3.63, 3.8) is 0 Å². The number of aromatic nitrogens is 1. The zero-order chi connectivity index (χ0) is 14.6. The number of nitrogens with zero attached hydrogens (tertiary/aromatic N) is 1. The van der Waals surface area contributed by atoms with Crippen molar-refractivity contribution in [2.45, 2.75) is 31.1 Å². The van der Waals surface area contributed by atoms with Crippen molar-refractivity contribution in [3.05, 3.63) is 29.6 Å². The second-order valence-corrected chi connectivity index (χ2v) is 4.94. The number of alkyl halides is 3. The topological polar surface area (TPSA) is 63.0 Å². The molecule has 1 aromatic rings. The number of rotatable bonds is 4. The van der Waals surface area contributed by atoms with Crippen LogP contribution < -0.4 is 16.4 Å². The first-order chi connectivity index (χ1) is 9.50. The number of hydrogen-bond donors (Lipinski definition) is 3.